The number of likely N-dealkylation sites (tertiary alicyclic amines) is 1. The summed E-state index contributed by atoms with van der Waals surface area (Å²) in [4.78, 5) is 24.0. The average Bonchev–Trinajstić information content (AvgIpc) is 3.56. The number of aromatic nitrogens is 5. The molecule has 0 spiro atoms. The number of aryl methyl sites for hydroxylation is 1. The van der Waals surface area contributed by atoms with Crippen LogP contribution in [0, 0.1) is 0 Å². The maximum absolute atomic E-state index is 11.9. The number of piperidine rings is 1. The van der Waals surface area contributed by atoms with Gasteiger partial charge in [-0.05, 0) is 76.7 Å². The Balaban J connectivity index is 1.01. The Hall–Kier alpha value is -3.35. The summed E-state index contributed by atoms with van der Waals surface area (Å²) < 4.78 is 1.92. The highest BCUT2D eigenvalue weighted by atomic mass is 16.1. The average molecular weight is 648 g/mol. The Morgan fingerprint density at radius 3 is 2.57 bits per heavy atom. The molecule has 1 aliphatic carbocycles. The zero-order valence-electron chi connectivity index (χ0n) is 28.5. The molecule has 0 atom stereocenters. The third-order valence-corrected chi connectivity index (χ3v) is 9.36. The van der Waals surface area contributed by atoms with Crippen LogP contribution < -0.4 is 26.6 Å². The normalized spacial score (nSPS) is 16.4. The van der Waals surface area contributed by atoms with Gasteiger partial charge in [-0.25, -0.2) is 4.98 Å². The Bertz CT molecular complexity index is 1330. The van der Waals surface area contributed by atoms with Gasteiger partial charge in [0, 0.05) is 56.6 Å². The third-order valence-electron chi connectivity index (χ3n) is 9.36. The molecule has 0 radical (unpaired) electrons. The smallest absolute Gasteiger partial charge is 0.225 e. The maximum atomic E-state index is 11.9. The fraction of sp³-hybridized carbons (Fsp3) is 0.686. The van der Waals surface area contributed by atoms with E-state index in [0.29, 0.717) is 25.0 Å². The van der Waals surface area contributed by atoms with E-state index in [1.165, 1.54) is 38.5 Å². The van der Waals surface area contributed by atoms with Crippen molar-refractivity contribution >= 4 is 28.6 Å². The number of nitrogens with one attached hydrogen (secondary N) is 5. The molecule has 1 amide bonds. The van der Waals surface area contributed by atoms with Crippen LogP contribution in [-0.2, 0) is 17.9 Å². The van der Waals surface area contributed by atoms with Crippen LogP contribution in [0.4, 0.5) is 11.8 Å². The van der Waals surface area contributed by atoms with E-state index in [1.54, 1.807) is 0 Å². The topological polar surface area (TPSA) is 137 Å². The molecule has 3 heterocycles. The van der Waals surface area contributed by atoms with Gasteiger partial charge < -0.3 is 31.5 Å². The zero-order chi connectivity index (χ0) is 32.5. The van der Waals surface area contributed by atoms with Gasteiger partial charge in [0.15, 0.2) is 0 Å². The zero-order valence-corrected chi connectivity index (χ0v) is 28.5. The standard InChI is InChI=1S/C35H57N11O/c1-2-3-15-33(47)38-21-25-45-23-16-29(17-24-45)40-34-31-13-7-8-14-32(31)41-35(42-34)39-26-30-27-46(44-43-30)22-10-19-36-18-9-20-37-28-11-5-4-6-12-28/h7-8,13-14,27-29,36-37H,2-6,9-12,15-26H2,1H3,(H,38,47)(H2,39,40,41,42). The molecule has 12 heteroatoms. The molecule has 258 valence electrons. The minimum Gasteiger partial charge on any atom is -0.367 e. The van der Waals surface area contributed by atoms with E-state index in [4.69, 9.17) is 9.97 Å². The lowest BCUT2D eigenvalue weighted by Gasteiger charge is -2.32. The number of unbranched alkanes of at least 4 members (excludes halogenated alkanes) is 1. The van der Waals surface area contributed by atoms with Crippen LogP contribution in [0.2, 0.25) is 0 Å². The Kier molecular flexibility index (Phi) is 14.5. The molecule has 47 heavy (non-hydrogen) atoms. The maximum Gasteiger partial charge on any atom is 0.225 e. The molecule has 0 bridgehead atoms. The minimum absolute atomic E-state index is 0.166. The van der Waals surface area contributed by atoms with Crippen LogP contribution in [0.25, 0.3) is 10.9 Å². The molecule has 2 aliphatic rings. The van der Waals surface area contributed by atoms with Crippen LogP contribution in [0.5, 0.6) is 0 Å². The van der Waals surface area contributed by atoms with E-state index in [2.05, 4.69) is 54.8 Å². The third kappa shape index (κ3) is 12.0. The molecule has 5 rings (SSSR count). The SMILES string of the molecule is CCCCC(=O)NCCN1CCC(Nc2nc(NCc3cn(CCCNCCCNC4CCCCC4)nn3)nc3ccccc23)CC1. The molecule has 1 aromatic carbocycles. The van der Waals surface area contributed by atoms with Gasteiger partial charge in [-0.2, -0.15) is 4.98 Å². The van der Waals surface area contributed by atoms with Crippen LogP contribution in [-0.4, -0.2) is 93.7 Å². The largest absolute Gasteiger partial charge is 0.367 e. The van der Waals surface area contributed by atoms with Crippen molar-refractivity contribution in [2.75, 3.05) is 56.4 Å². The second kappa shape index (κ2) is 19.5. The summed E-state index contributed by atoms with van der Waals surface area (Å²) in [6.45, 7) is 10.2. The molecule has 0 unspecified atom stereocenters. The lowest BCUT2D eigenvalue weighted by Crippen LogP contribution is -2.42. The van der Waals surface area contributed by atoms with Gasteiger partial charge in [0.1, 0.15) is 11.5 Å². The monoisotopic (exact) mass is 647 g/mol. The summed E-state index contributed by atoms with van der Waals surface area (Å²) >= 11 is 0. The second-order valence-electron chi connectivity index (χ2n) is 13.2. The Morgan fingerprint density at radius 2 is 1.72 bits per heavy atom. The number of carbonyl (C=O) groups is 1. The van der Waals surface area contributed by atoms with Crippen molar-refractivity contribution in [3.63, 3.8) is 0 Å². The highest BCUT2D eigenvalue weighted by Crippen LogP contribution is 2.25. The summed E-state index contributed by atoms with van der Waals surface area (Å²) in [5.74, 6) is 1.61. The number of hydrogen-bond acceptors (Lipinski definition) is 10. The van der Waals surface area contributed by atoms with Crippen LogP contribution in [0.3, 0.4) is 0 Å². The van der Waals surface area contributed by atoms with Gasteiger partial charge in [-0.1, -0.05) is 50.0 Å². The number of carbonyl (C=O) groups excluding carboxylic acids is 1. The summed E-state index contributed by atoms with van der Waals surface area (Å²) in [7, 11) is 0. The van der Waals surface area contributed by atoms with E-state index >= 15 is 0 Å². The molecule has 1 saturated carbocycles. The number of anilines is 2. The lowest BCUT2D eigenvalue weighted by atomic mass is 9.95. The van der Waals surface area contributed by atoms with Crippen molar-refractivity contribution in [2.45, 2.75) is 109 Å². The van der Waals surface area contributed by atoms with Crippen molar-refractivity contribution in [1.29, 1.82) is 0 Å². The van der Waals surface area contributed by atoms with Crippen LogP contribution in [0.1, 0.15) is 89.7 Å². The van der Waals surface area contributed by atoms with Crippen molar-refractivity contribution in [3.8, 4) is 0 Å². The van der Waals surface area contributed by atoms with Crippen LogP contribution >= 0.6 is 0 Å². The summed E-state index contributed by atoms with van der Waals surface area (Å²) in [5.41, 5.74) is 1.77. The molecular formula is C35H57N11O. The van der Waals surface area contributed by atoms with Gasteiger partial charge in [-0.15, -0.1) is 5.10 Å². The van der Waals surface area contributed by atoms with E-state index in [1.807, 2.05) is 29.1 Å². The number of fused-ring (bicyclic) bond motifs is 1. The summed E-state index contributed by atoms with van der Waals surface area (Å²) in [5, 5.41) is 27.1. The first-order valence-corrected chi connectivity index (χ1v) is 18.3. The van der Waals surface area contributed by atoms with Crippen molar-refractivity contribution in [3.05, 3.63) is 36.2 Å². The fourth-order valence-corrected chi connectivity index (χ4v) is 6.55. The molecule has 1 saturated heterocycles. The highest BCUT2D eigenvalue weighted by molar-refractivity contribution is 5.90. The first-order chi connectivity index (χ1) is 23.2. The predicted molar refractivity (Wildman–Crippen MR) is 189 cm³/mol. The number of para-hydroxylation sites is 1. The van der Waals surface area contributed by atoms with E-state index in [-0.39, 0.29) is 5.91 Å². The molecule has 2 fully saturated rings. The number of benzene rings is 1. The molecule has 3 aromatic rings. The second-order valence-corrected chi connectivity index (χ2v) is 13.2. The van der Waals surface area contributed by atoms with Gasteiger partial charge >= 0.3 is 0 Å². The quantitative estimate of drug-likeness (QED) is 0.113. The number of rotatable bonds is 20. The molecule has 5 N–H and O–H groups in total. The van der Waals surface area contributed by atoms with Gasteiger partial charge in [0.05, 0.1) is 18.3 Å². The Morgan fingerprint density at radius 1 is 0.894 bits per heavy atom. The number of amides is 1. The predicted octanol–water partition coefficient (Wildman–Crippen LogP) is 4.31. The minimum atomic E-state index is 0.166. The van der Waals surface area contributed by atoms with Gasteiger partial charge in [0.2, 0.25) is 11.9 Å². The lowest BCUT2D eigenvalue weighted by molar-refractivity contribution is -0.121. The highest BCUT2D eigenvalue weighted by Gasteiger charge is 2.21. The number of hydrogen-bond donors (Lipinski definition) is 5. The molecule has 1 aliphatic heterocycles. The first kappa shape index (κ1) is 35.0. The fourth-order valence-electron chi connectivity index (χ4n) is 6.55. The van der Waals surface area contributed by atoms with E-state index in [0.717, 1.165) is 113 Å². The van der Waals surface area contributed by atoms with E-state index in [9.17, 15) is 4.79 Å². The molecule has 12 nitrogen and oxygen atoms in total. The first-order valence-electron chi connectivity index (χ1n) is 18.3. The van der Waals surface area contributed by atoms with Crippen LogP contribution in [0.15, 0.2) is 30.5 Å². The summed E-state index contributed by atoms with van der Waals surface area (Å²) in [6, 6.07) is 9.23. The van der Waals surface area contributed by atoms with Crippen molar-refractivity contribution in [1.82, 2.24) is 45.8 Å². The van der Waals surface area contributed by atoms with Crippen molar-refractivity contribution < 1.29 is 4.79 Å². The van der Waals surface area contributed by atoms with Crippen molar-refractivity contribution in [2.24, 2.45) is 0 Å². The Labute approximate surface area is 280 Å². The van der Waals surface area contributed by atoms with E-state index < -0.39 is 0 Å². The molecular weight excluding hydrogens is 590 g/mol. The van der Waals surface area contributed by atoms with Gasteiger partial charge in [-0.3, -0.25) is 9.48 Å². The number of nitrogens with zero attached hydrogens (tertiary/aromatic N) is 6. The summed E-state index contributed by atoms with van der Waals surface area (Å²) in [6.07, 6.45) is 15.8. The van der Waals surface area contributed by atoms with Gasteiger partial charge in [0.25, 0.3) is 0 Å². The molecule has 2 aromatic heterocycles.